The molecular weight excluding hydrogens is 455 g/mol. The van der Waals surface area contributed by atoms with E-state index in [9.17, 15) is 18.4 Å². The minimum atomic E-state index is -1.64. The van der Waals surface area contributed by atoms with E-state index in [-0.39, 0.29) is 11.5 Å². The molecule has 5 nitrogen and oxygen atoms in total. The first-order chi connectivity index (χ1) is 12.1. The zero-order valence-electron chi connectivity index (χ0n) is 14.6. The van der Waals surface area contributed by atoms with Crippen LogP contribution in [0.15, 0.2) is 41.7 Å². The lowest BCUT2D eigenvalue weighted by Gasteiger charge is -2.21. The predicted molar refractivity (Wildman–Crippen MR) is 103 cm³/mol. The Balaban J connectivity index is 2.16. The molecule has 0 saturated carbocycles. The first kappa shape index (κ1) is 20.3. The summed E-state index contributed by atoms with van der Waals surface area (Å²) in [5.74, 6) is -0.769. The van der Waals surface area contributed by atoms with Crippen molar-refractivity contribution >= 4 is 34.4 Å². The van der Waals surface area contributed by atoms with Crippen LogP contribution in [0.5, 0.6) is 0 Å². The van der Waals surface area contributed by atoms with Gasteiger partial charge in [0.15, 0.2) is 3.68 Å². The van der Waals surface area contributed by atoms with Crippen LogP contribution in [-0.2, 0) is 13.3 Å². The summed E-state index contributed by atoms with van der Waals surface area (Å²) < 4.78 is 26.6. The molecule has 0 spiro atoms. The fourth-order valence-corrected chi connectivity index (χ4v) is 2.81. The lowest BCUT2D eigenvalue weighted by molar-refractivity contribution is -0.119. The smallest absolute Gasteiger partial charge is 0.251 e. The number of amides is 2. The van der Waals surface area contributed by atoms with Gasteiger partial charge in [-0.2, -0.15) is 0 Å². The van der Waals surface area contributed by atoms with Gasteiger partial charge in [0.1, 0.15) is 11.6 Å². The van der Waals surface area contributed by atoms with Gasteiger partial charge >= 0.3 is 0 Å². The maximum atomic E-state index is 14.1. The summed E-state index contributed by atoms with van der Waals surface area (Å²) >= 11 is 1.63. The molecule has 1 aliphatic heterocycles. The standard InChI is InChI=1S/C18H20F2IN3O2/c1-10(14-9-13(18(3,20)21)4-5-15(14)19)23-17(26)12-6-7-22-16(8-12)24-11(2)25/h4-6,8-10,22H,7H2,1-3H3,(H,23,26)(H,24,25). The fraction of sp³-hybridized carbons (Fsp3) is 0.333. The molecule has 2 amide bonds. The Morgan fingerprint density at radius 2 is 2.08 bits per heavy atom. The van der Waals surface area contributed by atoms with Gasteiger partial charge in [-0.3, -0.25) is 9.59 Å². The molecule has 26 heavy (non-hydrogen) atoms. The van der Waals surface area contributed by atoms with Crippen molar-refractivity contribution in [2.24, 2.45) is 0 Å². The molecule has 0 aliphatic carbocycles. The zero-order valence-corrected chi connectivity index (χ0v) is 16.8. The Kier molecular flexibility index (Phi) is 6.38. The predicted octanol–water partition coefficient (Wildman–Crippen LogP) is 3.09. The van der Waals surface area contributed by atoms with Crippen molar-refractivity contribution in [3.8, 4) is 0 Å². The van der Waals surface area contributed by atoms with Gasteiger partial charge in [0, 0.05) is 24.6 Å². The maximum Gasteiger partial charge on any atom is 0.251 e. The molecule has 2 rings (SSSR count). The molecule has 2 atom stereocenters. The third-order valence-corrected chi connectivity index (χ3v) is 4.43. The summed E-state index contributed by atoms with van der Waals surface area (Å²) in [6.07, 6.45) is 3.16. The summed E-state index contributed by atoms with van der Waals surface area (Å²) in [4.78, 5) is 23.6. The van der Waals surface area contributed by atoms with Crippen LogP contribution in [0.1, 0.15) is 37.9 Å². The van der Waals surface area contributed by atoms with Gasteiger partial charge in [-0.15, -0.1) is 0 Å². The number of alkyl halides is 2. The highest BCUT2D eigenvalue weighted by Crippen LogP contribution is 2.34. The topological polar surface area (TPSA) is 70.2 Å². The number of halogens is 3. The Labute approximate surface area is 164 Å². The number of benzene rings is 1. The molecule has 3 N–H and O–H groups in total. The fourth-order valence-electron chi connectivity index (χ4n) is 2.47. The average molecular weight is 475 g/mol. The van der Waals surface area contributed by atoms with Crippen LogP contribution in [0.25, 0.3) is 0 Å². The van der Waals surface area contributed by atoms with Crippen LogP contribution in [0.4, 0.5) is 8.78 Å². The Morgan fingerprint density at radius 1 is 1.38 bits per heavy atom. The number of dihydropyridines is 1. The molecule has 2 unspecified atom stereocenters. The molecule has 1 aromatic rings. The number of nitrogens with one attached hydrogen (secondary N) is 3. The summed E-state index contributed by atoms with van der Waals surface area (Å²) in [6, 6.07) is 3.34. The van der Waals surface area contributed by atoms with E-state index in [1.54, 1.807) is 35.6 Å². The second-order valence-electron chi connectivity index (χ2n) is 6.10. The number of hydrogen-bond donors (Lipinski definition) is 3. The van der Waals surface area contributed by atoms with E-state index in [0.29, 0.717) is 23.5 Å². The number of rotatable bonds is 5. The highest BCUT2D eigenvalue weighted by Gasteiger charge is 2.24. The van der Waals surface area contributed by atoms with Crippen LogP contribution in [0.2, 0.25) is 0 Å². The van der Waals surface area contributed by atoms with E-state index in [0.717, 1.165) is 0 Å². The van der Waals surface area contributed by atoms with Crippen LogP contribution < -0.4 is 16.0 Å². The van der Waals surface area contributed by atoms with Crippen molar-refractivity contribution in [3.05, 3.63) is 58.7 Å². The van der Waals surface area contributed by atoms with E-state index < -0.39 is 21.4 Å². The zero-order chi connectivity index (χ0) is 19.5. The molecule has 1 heterocycles. The molecule has 1 aliphatic rings. The van der Waals surface area contributed by atoms with Gasteiger partial charge in [0.05, 0.1) is 6.04 Å². The van der Waals surface area contributed by atoms with Gasteiger partial charge in [-0.25, -0.2) is 8.78 Å². The SMILES string of the molecule is CC(=O)NC1=CC(C(=O)NC(C)c2cc(C(C)(F)I)ccc2F)=CCN1. The van der Waals surface area contributed by atoms with Crippen LogP contribution in [0.3, 0.4) is 0 Å². The van der Waals surface area contributed by atoms with Crippen LogP contribution >= 0.6 is 22.6 Å². The third-order valence-electron chi connectivity index (χ3n) is 3.80. The summed E-state index contributed by atoms with van der Waals surface area (Å²) in [5.41, 5.74) is 0.877. The van der Waals surface area contributed by atoms with Gasteiger partial charge in [0.25, 0.3) is 5.91 Å². The minimum Gasteiger partial charge on any atom is -0.368 e. The quantitative estimate of drug-likeness (QED) is 0.453. The van der Waals surface area contributed by atoms with Gasteiger partial charge in [0.2, 0.25) is 5.91 Å². The molecular formula is C18H20F2IN3O2. The minimum absolute atomic E-state index is 0.206. The number of hydrogen-bond acceptors (Lipinski definition) is 3. The molecule has 1 aromatic carbocycles. The summed E-state index contributed by atoms with van der Waals surface area (Å²) in [5, 5.41) is 8.20. The van der Waals surface area contributed by atoms with E-state index in [1.807, 2.05) is 0 Å². The molecule has 0 aromatic heterocycles. The Bertz CT molecular complexity index is 785. The Hall–Kier alpha value is -1.97. The van der Waals surface area contributed by atoms with Crippen molar-refractivity contribution in [3.63, 3.8) is 0 Å². The normalized spacial score (nSPS) is 17.2. The van der Waals surface area contributed by atoms with Gasteiger partial charge < -0.3 is 16.0 Å². The molecule has 0 radical (unpaired) electrons. The molecule has 140 valence electrons. The highest BCUT2D eigenvalue weighted by atomic mass is 127. The van der Waals surface area contributed by atoms with Crippen molar-refractivity contribution < 1.29 is 18.4 Å². The van der Waals surface area contributed by atoms with Crippen molar-refractivity contribution in [1.29, 1.82) is 0 Å². The van der Waals surface area contributed by atoms with E-state index in [2.05, 4.69) is 16.0 Å². The largest absolute Gasteiger partial charge is 0.368 e. The third kappa shape index (κ3) is 5.26. The van der Waals surface area contributed by atoms with Crippen molar-refractivity contribution in [2.45, 2.75) is 30.5 Å². The number of carbonyl (C=O) groups is 2. The molecule has 0 fully saturated rings. The number of carbonyl (C=O) groups excluding carboxylic acids is 2. The summed E-state index contributed by atoms with van der Waals surface area (Å²) in [7, 11) is 0. The van der Waals surface area contributed by atoms with Crippen molar-refractivity contribution in [2.75, 3.05) is 6.54 Å². The summed E-state index contributed by atoms with van der Waals surface area (Å²) in [6.45, 7) is 4.75. The maximum absolute atomic E-state index is 14.1. The van der Waals surface area contributed by atoms with E-state index >= 15 is 0 Å². The monoisotopic (exact) mass is 475 g/mol. The lowest BCUT2D eigenvalue weighted by Crippen LogP contribution is -2.35. The molecule has 8 heteroatoms. The average Bonchev–Trinajstić information content (AvgIpc) is 2.53. The molecule has 0 bridgehead atoms. The van der Waals surface area contributed by atoms with Gasteiger partial charge in [-0.1, -0.05) is 12.1 Å². The lowest BCUT2D eigenvalue weighted by atomic mass is 10.0. The van der Waals surface area contributed by atoms with Gasteiger partial charge in [-0.05, 0) is 60.2 Å². The van der Waals surface area contributed by atoms with Crippen LogP contribution in [-0.4, -0.2) is 18.4 Å². The van der Waals surface area contributed by atoms with Crippen molar-refractivity contribution in [1.82, 2.24) is 16.0 Å². The highest BCUT2D eigenvalue weighted by molar-refractivity contribution is 14.1. The second kappa shape index (κ2) is 8.15. The van der Waals surface area contributed by atoms with E-state index in [4.69, 9.17) is 0 Å². The van der Waals surface area contributed by atoms with Crippen LogP contribution in [0, 0.1) is 5.82 Å². The Morgan fingerprint density at radius 3 is 2.69 bits per heavy atom. The molecule has 0 saturated heterocycles. The first-order valence-electron chi connectivity index (χ1n) is 8.00. The van der Waals surface area contributed by atoms with E-state index in [1.165, 1.54) is 38.1 Å². The first-order valence-corrected chi connectivity index (χ1v) is 9.07. The second-order valence-corrected chi connectivity index (χ2v) is 8.13.